The highest BCUT2D eigenvalue weighted by Crippen LogP contribution is 2.37. The molecule has 0 saturated heterocycles. The second-order valence-corrected chi connectivity index (χ2v) is 5.83. The molecule has 3 aromatic rings. The predicted molar refractivity (Wildman–Crippen MR) is 99.9 cm³/mol. The van der Waals surface area contributed by atoms with E-state index >= 15 is 0 Å². The van der Waals surface area contributed by atoms with Gasteiger partial charge in [0.2, 0.25) is 0 Å². The van der Waals surface area contributed by atoms with Crippen molar-refractivity contribution in [3.05, 3.63) is 44.6 Å². The number of fused-ring (bicyclic) bond motifs is 1. The summed E-state index contributed by atoms with van der Waals surface area (Å²) in [5, 5.41) is 9.75. The Morgan fingerprint density at radius 3 is 2.37 bits per heavy atom. The van der Waals surface area contributed by atoms with Crippen molar-refractivity contribution in [3.8, 4) is 28.7 Å². The molecule has 27 heavy (non-hydrogen) atoms. The zero-order valence-electron chi connectivity index (χ0n) is 15.2. The van der Waals surface area contributed by atoms with Crippen LogP contribution in [0.4, 0.5) is 5.82 Å². The largest absolute Gasteiger partial charge is 0.493 e. The molecule has 0 fully saturated rings. The number of aryl methyl sites for hydroxylation is 1. The first-order chi connectivity index (χ1) is 12.8. The maximum Gasteiger partial charge on any atom is 0.332 e. The molecule has 0 spiro atoms. The number of nitrogens with two attached hydrogens (primary N) is 1. The number of pyridine rings is 1. The number of nitrogens with zero attached hydrogens (tertiary/aromatic N) is 4. The lowest BCUT2D eigenvalue weighted by molar-refractivity contribution is 0.355. The highest BCUT2D eigenvalue weighted by Gasteiger charge is 2.22. The van der Waals surface area contributed by atoms with Gasteiger partial charge in [-0.2, -0.15) is 5.26 Å². The van der Waals surface area contributed by atoms with E-state index in [1.54, 1.807) is 18.2 Å². The fourth-order valence-corrected chi connectivity index (χ4v) is 3.00. The van der Waals surface area contributed by atoms with E-state index < -0.39 is 11.2 Å². The van der Waals surface area contributed by atoms with Gasteiger partial charge in [0, 0.05) is 19.7 Å². The van der Waals surface area contributed by atoms with Gasteiger partial charge in [-0.1, -0.05) is 6.07 Å². The van der Waals surface area contributed by atoms with Gasteiger partial charge in [-0.05, 0) is 17.7 Å². The van der Waals surface area contributed by atoms with E-state index in [0.717, 1.165) is 4.57 Å². The van der Waals surface area contributed by atoms with E-state index in [2.05, 4.69) is 4.98 Å². The molecule has 9 nitrogen and oxygen atoms in total. The minimum absolute atomic E-state index is 0.0467. The Morgan fingerprint density at radius 2 is 1.78 bits per heavy atom. The van der Waals surface area contributed by atoms with Gasteiger partial charge in [-0.3, -0.25) is 13.9 Å². The molecule has 3 rings (SSSR count). The number of rotatable bonds is 3. The van der Waals surface area contributed by atoms with Crippen LogP contribution >= 0.6 is 0 Å². The van der Waals surface area contributed by atoms with Crippen molar-refractivity contribution >= 4 is 16.9 Å². The van der Waals surface area contributed by atoms with Gasteiger partial charge in [0.05, 0.1) is 19.6 Å². The molecule has 1 aromatic carbocycles. The van der Waals surface area contributed by atoms with Gasteiger partial charge < -0.3 is 15.2 Å². The summed E-state index contributed by atoms with van der Waals surface area (Å²) in [7, 11) is 5.84. The van der Waals surface area contributed by atoms with Crippen LogP contribution in [0.15, 0.2) is 27.8 Å². The van der Waals surface area contributed by atoms with Crippen molar-refractivity contribution in [2.75, 3.05) is 20.0 Å². The summed E-state index contributed by atoms with van der Waals surface area (Å²) in [6, 6.07) is 6.98. The maximum absolute atomic E-state index is 12.9. The summed E-state index contributed by atoms with van der Waals surface area (Å²) in [5.41, 5.74) is 5.80. The van der Waals surface area contributed by atoms with Gasteiger partial charge >= 0.3 is 5.69 Å². The Bertz CT molecular complexity index is 1230. The Balaban J connectivity index is 2.58. The molecule has 0 aliphatic rings. The first kappa shape index (κ1) is 18.0. The predicted octanol–water partition coefficient (Wildman–Crippen LogP) is 0.770. The summed E-state index contributed by atoms with van der Waals surface area (Å²) in [4.78, 5) is 29.2. The van der Waals surface area contributed by atoms with Crippen molar-refractivity contribution in [2.45, 2.75) is 0 Å². The molecule has 9 heteroatoms. The van der Waals surface area contributed by atoms with Crippen molar-refractivity contribution in [1.29, 1.82) is 5.26 Å². The smallest absolute Gasteiger partial charge is 0.332 e. The molecule has 0 aliphatic carbocycles. The van der Waals surface area contributed by atoms with Gasteiger partial charge in [-0.25, -0.2) is 9.78 Å². The lowest BCUT2D eigenvalue weighted by Crippen LogP contribution is -2.37. The quantitative estimate of drug-likeness (QED) is 0.725. The van der Waals surface area contributed by atoms with Crippen LogP contribution in [0.1, 0.15) is 5.56 Å². The van der Waals surface area contributed by atoms with Gasteiger partial charge in [0.15, 0.2) is 17.1 Å². The molecule has 2 aromatic heterocycles. The zero-order valence-corrected chi connectivity index (χ0v) is 15.2. The molecule has 0 amide bonds. The third kappa shape index (κ3) is 2.58. The molecule has 0 saturated carbocycles. The summed E-state index contributed by atoms with van der Waals surface area (Å²) in [6.07, 6.45) is 0. The Labute approximate surface area is 153 Å². The van der Waals surface area contributed by atoms with Crippen LogP contribution in [0.2, 0.25) is 0 Å². The molecule has 0 aliphatic heterocycles. The highest BCUT2D eigenvalue weighted by atomic mass is 16.5. The number of hydrogen-bond donors (Lipinski definition) is 1. The number of methoxy groups -OCH3 is 2. The lowest BCUT2D eigenvalue weighted by Gasteiger charge is -2.15. The normalized spacial score (nSPS) is 10.6. The highest BCUT2D eigenvalue weighted by molar-refractivity contribution is 5.98. The second-order valence-electron chi connectivity index (χ2n) is 5.83. The zero-order chi connectivity index (χ0) is 19.9. The standard InChI is InChI=1S/C18H17N5O4/c1-22-16-14(17(24)23(2)18(22)25)13(10(8-19)15(20)21-16)9-5-6-11(26-3)12(7-9)27-4/h5-7H,1-4H3,(H2,20,21). The lowest BCUT2D eigenvalue weighted by atomic mass is 9.97. The third-order valence-corrected chi connectivity index (χ3v) is 4.40. The fraction of sp³-hybridized carbons (Fsp3) is 0.222. The monoisotopic (exact) mass is 367 g/mol. The van der Waals surface area contributed by atoms with Gasteiger partial charge in [0.25, 0.3) is 5.56 Å². The maximum atomic E-state index is 12.9. The summed E-state index contributed by atoms with van der Waals surface area (Å²) >= 11 is 0. The average molecular weight is 367 g/mol. The number of hydrogen-bond acceptors (Lipinski definition) is 7. The number of benzene rings is 1. The molecule has 0 bridgehead atoms. The minimum atomic E-state index is -0.568. The molecular formula is C18H17N5O4. The second kappa shape index (κ2) is 6.49. The van der Waals surface area contributed by atoms with E-state index in [-0.39, 0.29) is 28.0 Å². The van der Waals surface area contributed by atoms with Crippen molar-refractivity contribution in [1.82, 2.24) is 14.1 Å². The molecule has 0 atom stereocenters. The number of nitriles is 1. The van der Waals surface area contributed by atoms with E-state index in [0.29, 0.717) is 17.1 Å². The van der Waals surface area contributed by atoms with E-state index in [9.17, 15) is 14.9 Å². The average Bonchev–Trinajstić information content (AvgIpc) is 2.69. The topological polar surface area (TPSA) is 125 Å². The number of aromatic nitrogens is 3. The molecule has 2 N–H and O–H groups in total. The Kier molecular flexibility index (Phi) is 4.33. The fourth-order valence-electron chi connectivity index (χ4n) is 3.00. The number of anilines is 1. The number of nitrogen functional groups attached to an aromatic ring is 1. The minimum Gasteiger partial charge on any atom is -0.493 e. The molecule has 138 valence electrons. The van der Waals surface area contributed by atoms with E-state index in [4.69, 9.17) is 15.2 Å². The van der Waals surface area contributed by atoms with Crippen LogP contribution in [0.3, 0.4) is 0 Å². The Hall–Kier alpha value is -3.80. The van der Waals surface area contributed by atoms with Crippen molar-refractivity contribution in [3.63, 3.8) is 0 Å². The van der Waals surface area contributed by atoms with Crippen LogP contribution in [0, 0.1) is 11.3 Å². The van der Waals surface area contributed by atoms with Crippen LogP contribution in [-0.2, 0) is 14.1 Å². The molecule has 0 unspecified atom stereocenters. The number of ether oxygens (including phenoxy) is 2. The van der Waals surface area contributed by atoms with Crippen LogP contribution in [0.25, 0.3) is 22.2 Å². The Morgan fingerprint density at radius 1 is 1.11 bits per heavy atom. The third-order valence-electron chi connectivity index (χ3n) is 4.40. The van der Waals surface area contributed by atoms with Crippen LogP contribution in [0.5, 0.6) is 11.5 Å². The SMILES string of the molecule is COc1ccc(-c2c(C#N)c(N)nc3c2c(=O)n(C)c(=O)n3C)cc1OC. The van der Waals surface area contributed by atoms with Gasteiger partial charge in [0.1, 0.15) is 17.5 Å². The summed E-state index contributed by atoms with van der Waals surface area (Å²) in [6.45, 7) is 0. The van der Waals surface area contributed by atoms with Crippen LogP contribution < -0.4 is 26.5 Å². The van der Waals surface area contributed by atoms with Gasteiger partial charge in [-0.15, -0.1) is 0 Å². The van der Waals surface area contributed by atoms with Crippen LogP contribution in [-0.4, -0.2) is 28.3 Å². The summed E-state index contributed by atoms with van der Waals surface area (Å²) < 4.78 is 12.7. The van der Waals surface area contributed by atoms with Crippen molar-refractivity contribution in [2.24, 2.45) is 14.1 Å². The molecule has 0 radical (unpaired) electrons. The summed E-state index contributed by atoms with van der Waals surface area (Å²) in [5.74, 6) is 0.841. The first-order valence-electron chi connectivity index (χ1n) is 7.87. The van der Waals surface area contributed by atoms with E-state index in [1.165, 1.54) is 32.9 Å². The molecule has 2 heterocycles. The van der Waals surface area contributed by atoms with E-state index in [1.807, 2.05) is 6.07 Å². The van der Waals surface area contributed by atoms with Crippen molar-refractivity contribution < 1.29 is 9.47 Å². The molecular weight excluding hydrogens is 350 g/mol. The first-order valence-corrected chi connectivity index (χ1v) is 7.87.